The van der Waals surface area contributed by atoms with Crippen molar-refractivity contribution in [2.24, 2.45) is 0 Å². The van der Waals surface area contributed by atoms with E-state index in [1.807, 2.05) is 0 Å². The molecule has 2 N–H and O–H groups in total. The molecule has 136 valence electrons. The number of halogens is 1. The topological polar surface area (TPSA) is 76.7 Å². The maximum Gasteiger partial charge on any atom is 0.266 e. The molecule has 7 heteroatoms. The second kappa shape index (κ2) is 7.43. The molecule has 0 aliphatic carbocycles. The minimum atomic E-state index is -0.912. The highest BCUT2D eigenvalue weighted by Gasteiger charge is 2.29. The molecule has 0 radical (unpaired) electrons. The quantitative estimate of drug-likeness (QED) is 0.862. The zero-order valence-electron chi connectivity index (χ0n) is 14.4. The molecule has 6 nitrogen and oxygen atoms in total. The number of carbonyl (C=O) groups excluding carboxylic acids is 2. The summed E-state index contributed by atoms with van der Waals surface area (Å²) in [5, 5.41) is 5.46. The highest BCUT2D eigenvalue weighted by Crippen LogP contribution is 2.29. The third-order valence-corrected chi connectivity index (χ3v) is 4.13. The van der Waals surface area contributed by atoms with E-state index in [4.69, 9.17) is 9.47 Å². The van der Waals surface area contributed by atoms with E-state index in [1.165, 1.54) is 19.2 Å². The van der Waals surface area contributed by atoms with Crippen LogP contribution in [0.15, 0.2) is 42.5 Å². The largest absolute Gasteiger partial charge is 0.494 e. The highest BCUT2D eigenvalue weighted by molar-refractivity contribution is 5.99. The third-order valence-electron chi connectivity index (χ3n) is 4.13. The van der Waals surface area contributed by atoms with Crippen LogP contribution in [0.5, 0.6) is 11.5 Å². The minimum Gasteiger partial charge on any atom is -0.494 e. The molecule has 26 heavy (non-hydrogen) atoms. The van der Waals surface area contributed by atoms with E-state index in [9.17, 15) is 14.0 Å². The number of hydrogen-bond acceptors (Lipinski definition) is 4. The molecule has 3 rings (SSSR count). The molecule has 0 bridgehead atoms. The number of fused-ring (bicyclic) bond motifs is 1. The molecular weight excluding hydrogens is 339 g/mol. The fourth-order valence-electron chi connectivity index (χ4n) is 2.73. The summed E-state index contributed by atoms with van der Waals surface area (Å²) in [5.41, 5.74) is 1.17. The van der Waals surface area contributed by atoms with Crippen LogP contribution in [0.4, 0.5) is 10.1 Å². The number of benzene rings is 2. The van der Waals surface area contributed by atoms with Crippen LogP contribution in [0.3, 0.4) is 0 Å². The lowest BCUT2D eigenvalue weighted by molar-refractivity contribution is -0.130. The standard InChI is InChI=1S/C19H19FN2O4/c1-11(12-7-8-15(25-2)13(20)9-12)21-18(23)10-17-19(24)22-14-5-3-4-6-16(14)26-17/h3-9,11,17H,10H2,1-2H3,(H,21,23)(H,22,24)/t11-,17+/m1/s1. The average Bonchev–Trinajstić information content (AvgIpc) is 2.62. The highest BCUT2D eigenvalue weighted by atomic mass is 19.1. The Labute approximate surface area is 150 Å². The Bertz CT molecular complexity index is 840. The second-order valence-electron chi connectivity index (χ2n) is 5.98. The van der Waals surface area contributed by atoms with E-state index >= 15 is 0 Å². The molecular formula is C19H19FN2O4. The summed E-state index contributed by atoms with van der Waals surface area (Å²) < 4.78 is 24.3. The first-order chi connectivity index (χ1) is 12.5. The summed E-state index contributed by atoms with van der Waals surface area (Å²) in [6, 6.07) is 11.1. The van der Waals surface area contributed by atoms with Crippen molar-refractivity contribution in [1.29, 1.82) is 0 Å². The Morgan fingerprint density at radius 1 is 1.35 bits per heavy atom. The Hall–Kier alpha value is -3.09. The van der Waals surface area contributed by atoms with Gasteiger partial charge in [0, 0.05) is 0 Å². The zero-order valence-corrected chi connectivity index (χ0v) is 14.4. The van der Waals surface area contributed by atoms with Crippen molar-refractivity contribution in [2.75, 3.05) is 12.4 Å². The van der Waals surface area contributed by atoms with Crippen molar-refractivity contribution in [2.45, 2.75) is 25.5 Å². The molecule has 0 aromatic heterocycles. The summed E-state index contributed by atoms with van der Waals surface area (Å²) in [7, 11) is 1.39. The van der Waals surface area contributed by atoms with Crippen LogP contribution in [0.2, 0.25) is 0 Å². The molecule has 0 spiro atoms. The Balaban J connectivity index is 1.62. The summed E-state index contributed by atoms with van der Waals surface area (Å²) in [6.45, 7) is 1.73. The van der Waals surface area contributed by atoms with Crippen LogP contribution >= 0.6 is 0 Å². The number of anilines is 1. The van der Waals surface area contributed by atoms with Crippen LogP contribution in [0, 0.1) is 5.82 Å². The van der Waals surface area contributed by atoms with Crippen molar-refractivity contribution < 1.29 is 23.5 Å². The number of amides is 2. The van der Waals surface area contributed by atoms with Crippen LogP contribution in [0.25, 0.3) is 0 Å². The molecule has 2 aromatic carbocycles. The zero-order chi connectivity index (χ0) is 18.7. The fourth-order valence-corrected chi connectivity index (χ4v) is 2.73. The molecule has 0 saturated carbocycles. The van der Waals surface area contributed by atoms with E-state index in [2.05, 4.69) is 10.6 Å². The minimum absolute atomic E-state index is 0.136. The monoisotopic (exact) mass is 358 g/mol. The second-order valence-corrected chi connectivity index (χ2v) is 5.98. The van der Waals surface area contributed by atoms with Crippen LogP contribution in [-0.2, 0) is 9.59 Å². The van der Waals surface area contributed by atoms with E-state index in [1.54, 1.807) is 37.3 Å². The predicted octanol–water partition coefficient (Wildman–Crippen LogP) is 2.80. The van der Waals surface area contributed by atoms with Crippen LogP contribution < -0.4 is 20.1 Å². The van der Waals surface area contributed by atoms with Gasteiger partial charge in [0.05, 0.1) is 25.3 Å². The van der Waals surface area contributed by atoms with Crippen molar-refractivity contribution in [3.05, 3.63) is 53.8 Å². The Morgan fingerprint density at radius 2 is 2.12 bits per heavy atom. The number of hydrogen-bond donors (Lipinski definition) is 2. The van der Waals surface area contributed by atoms with Crippen molar-refractivity contribution in [1.82, 2.24) is 5.32 Å². The van der Waals surface area contributed by atoms with E-state index in [0.717, 1.165) is 0 Å². The molecule has 0 fully saturated rings. The summed E-state index contributed by atoms with van der Waals surface area (Å²) in [6.07, 6.45) is -1.05. The number of para-hydroxylation sites is 2. The van der Waals surface area contributed by atoms with Gasteiger partial charge in [0.1, 0.15) is 5.75 Å². The Kier molecular flexibility index (Phi) is 5.06. The van der Waals surface area contributed by atoms with E-state index < -0.39 is 18.0 Å². The number of nitrogens with one attached hydrogen (secondary N) is 2. The molecule has 1 aliphatic heterocycles. The molecule has 0 saturated heterocycles. The molecule has 1 heterocycles. The lowest BCUT2D eigenvalue weighted by Gasteiger charge is -2.26. The smallest absolute Gasteiger partial charge is 0.266 e. The first kappa shape index (κ1) is 17.7. The summed E-state index contributed by atoms with van der Waals surface area (Å²) in [4.78, 5) is 24.4. The summed E-state index contributed by atoms with van der Waals surface area (Å²) in [5.74, 6) is -0.582. The molecule has 2 aromatic rings. The van der Waals surface area contributed by atoms with Crippen LogP contribution in [-0.4, -0.2) is 25.0 Å². The van der Waals surface area contributed by atoms with Gasteiger partial charge in [-0.3, -0.25) is 9.59 Å². The molecule has 0 unspecified atom stereocenters. The third kappa shape index (κ3) is 3.77. The van der Waals surface area contributed by atoms with Gasteiger partial charge in [0.15, 0.2) is 17.7 Å². The van der Waals surface area contributed by atoms with Gasteiger partial charge in [-0.05, 0) is 36.8 Å². The summed E-state index contributed by atoms with van der Waals surface area (Å²) >= 11 is 0. The van der Waals surface area contributed by atoms with Gasteiger partial charge in [-0.2, -0.15) is 0 Å². The first-order valence-electron chi connectivity index (χ1n) is 8.17. The van der Waals surface area contributed by atoms with Gasteiger partial charge in [-0.1, -0.05) is 18.2 Å². The molecule has 2 atom stereocenters. The SMILES string of the molecule is COc1ccc([C@@H](C)NC(=O)C[C@@H]2Oc3ccccc3NC2=O)cc1F. The molecule has 2 amide bonds. The first-order valence-corrected chi connectivity index (χ1v) is 8.17. The number of methoxy groups -OCH3 is 1. The van der Waals surface area contributed by atoms with Gasteiger partial charge in [0.25, 0.3) is 5.91 Å². The van der Waals surface area contributed by atoms with Gasteiger partial charge >= 0.3 is 0 Å². The lowest BCUT2D eigenvalue weighted by Crippen LogP contribution is -2.41. The maximum atomic E-state index is 13.8. The molecule has 1 aliphatic rings. The fraction of sp³-hybridized carbons (Fsp3) is 0.263. The number of carbonyl (C=O) groups is 2. The lowest BCUT2D eigenvalue weighted by atomic mass is 10.1. The van der Waals surface area contributed by atoms with Gasteiger partial charge in [-0.25, -0.2) is 4.39 Å². The normalized spacial score (nSPS) is 16.7. The van der Waals surface area contributed by atoms with E-state index in [-0.39, 0.29) is 24.0 Å². The van der Waals surface area contributed by atoms with Crippen molar-refractivity contribution in [3.8, 4) is 11.5 Å². The van der Waals surface area contributed by atoms with Gasteiger partial charge in [0.2, 0.25) is 5.91 Å². The van der Waals surface area contributed by atoms with Crippen molar-refractivity contribution >= 4 is 17.5 Å². The maximum absolute atomic E-state index is 13.8. The van der Waals surface area contributed by atoms with E-state index in [0.29, 0.717) is 17.0 Å². The van der Waals surface area contributed by atoms with Gasteiger partial charge < -0.3 is 20.1 Å². The number of ether oxygens (including phenoxy) is 2. The van der Waals surface area contributed by atoms with Crippen LogP contribution in [0.1, 0.15) is 24.9 Å². The Morgan fingerprint density at radius 3 is 2.85 bits per heavy atom. The van der Waals surface area contributed by atoms with Gasteiger partial charge in [-0.15, -0.1) is 0 Å². The van der Waals surface area contributed by atoms with Crippen molar-refractivity contribution in [3.63, 3.8) is 0 Å². The number of rotatable bonds is 5. The predicted molar refractivity (Wildman–Crippen MR) is 93.6 cm³/mol. The average molecular weight is 358 g/mol.